The molecule has 4 heteroatoms. The summed E-state index contributed by atoms with van der Waals surface area (Å²) < 4.78 is 1.98. The number of hydrogen-bond acceptors (Lipinski definition) is 3. The number of nitrogens with zero attached hydrogens (tertiary/aromatic N) is 2. The van der Waals surface area contributed by atoms with E-state index in [1.54, 1.807) is 0 Å². The maximum absolute atomic E-state index is 10.4. The number of nitrogens with one attached hydrogen (secondary N) is 1. The highest BCUT2D eigenvalue weighted by Gasteiger charge is 2.22. The van der Waals surface area contributed by atoms with Gasteiger partial charge in [-0.1, -0.05) is 20.8 Å². The lowest BCUT2D eigenvalue weighted by atomic mass is 9.96. The van der Waals surface area contributed by atoms with Crippen molar-refractivity contribution in [2.75, 3.05) is 6.54 Å². The standard InChI is InChI=1S/C15H29N3O/c1-6-13(4)18-10-7-14(17-18)11-15(5,19)8-9-16-12(2)3/h7,10,12-13,16,19H,6,8-9,11H2,1-5H3. The summed E-state index contributed by atoms with van der Waals surface area (Å²) >= 11 is 0. The molecule has 0 saturated carbocycles. The predicted molar refractivity (Wildman–Crippen MR) is 79.3 cm³/mol. The smallest absolute Gasteiger partial charge is 0.0687 e. The molecule has 1 rings (SSSR count). The maximum atomic E-state index is 10.4. The molecule has 1 heterocycles. The third-order valence-corrected chi connectivity index (χ3v) is 3.48. The van der Waals surface area contributed by atoms with E-state index >= 15 is 0 Å². The van der Waals surface area contributed by atoms with Gasteiger partial charge in [0.25, 0.3) is 0 Å². The molecule has 1 aromatic heterocycles. The first-order valence-electron chi connectivity index (χ1n) is 7.34. The van der Waals surface area contributed by atoms with Gasteiger partial charge in [0.15, 0.2) is 0 Å². The average Bonchev–Trinajstić information content (AvgIpc) is 2.74. The van der Waals surface area contributed by atoms with E-state index in [4.69, 9.17) is 0 Å². The zero-order valence-electron chi connectivity index (χ0n) is 13.0. The number of aliphatic hydroxyl groups is 1. The molecule has 0 aromatic carbocycles. The highest BCUT2D eigenvalue weighted by molar-refractivity contribution is 5.04. The van der Waals surface area contributed by atoms with Gasteiger partial charge in [0.1, 0.15) is 0 Å². The molecule has 0 radical (unpaired) electrons. The topological polar surface area (TPSA) is 50.1 Å². The summed E-state index contributed by atoms with van der Waals surface area (Å²) in [7, 11) is 0. The monoisotopic (exact) mass is 267 g/mol. The van der Waals surface area contributed by atoms with Crippen LogP contribution in [0.3, 0.4) is 0 Å². The van der Waals surface area contributed by atoms with Gasteiger partial charge in [-0.2, -0.15) is 5.10 Å². The molecule has 0 aliphatic rings. The van der Waals surface area contributed by atoms with Crippen LogP contribution in [0.4, 0.5) is 0 Å². The van der Waals surface area contributed by atoms with Crippen LogP contribution in [0.5, 0.6) is 0 Å². The van der Waals surface area contributed by atoms with Gasteiger partial charge in [0.2, 0.25) is 0 Å². The molecule has 0 bridgehead atoms. The minimum atomic E-state index is -0.698. The number of rotatable bonds is 8. The molecule has 0 spiro atoms. The van der Waals surface area contributed by atoms with Crippen molar-refractivity contribution >= 4 is 0 Å². The molecule has 1 aromatic rings. The lowest BCUT2D eigenvalue weighted by Crippen LogP contribution is -2.34. The molecule has 0 amide bonds. The van der Waals surface area contributed by atoms with Crippen LogP contribution in [-0.2, 0) is 6.42 Å². The average molecular weight is 267 g/mol. The van der Waals surface area contributed by atoms with Gasteiger partial charge in [0.05, 0.1) is 11.3 Å². The van der Waals surface area contributed by atoms with Crippen LogP contribution in [0.15, 0.2) is 12.3 Å². The van der Waals surface area contributed by atoms with Crippen LogP contribution in [0, 0.1) is 0 Å². The van der Waals surface area contributed by atoms with Gasteiger partial charge in [0, 0.05) is 24.7 Å². The molecule has 0 aliphatic heterocycles. The van der Waals surface area contributed by atoms with Crippen LogP contribution in [0.1, 0.15) is 59.2 Å². The zero-order valence-corrected chi connectivity index (χ0v) is 13.0. The van der Waals surface area contributed by atoms with E-state index in [9.17, 15) is 5.11 Å². The van der Waals surface area contributed by atoms with Crippen LogP contribution >= 0.6 is 0 Å². The van der Waals surface area contributed by atoms with Crippen molar-refractivity contribution < 1.29 is 5.11 Å². The second-order valence-electron chi connectivity index (χ2n) is 6.08. The van der Waals surface area contributed by atoms with Crippen molar-refractivity contribution in [2.45, 2.75) is 71.6 Å². The fraction of sp³-hybridized carbons (Fsp3) is 0.800. The van der Waals surface area contributed by atoms with Crippen LogP contribution < -0.4 is 5.32 Å². The molecule has 4 nitrogen and oxygen atoms in total. The molecule has 2 unspecified atom stereocenters. The summed E-state index contributed by atoms with van der Waals surface area (Å²) in [5.74, 6) is 0. The minimum Gasteiger partial charge on any atom is -0.390 e. The Labute approximate surface area is 117 Å². The van der Waals surface area contributed by atoms with Gasteiger partial charge in [-0.15, -0.1) is 0 Å². The Morgan fingerprint density at radius 1 is 1.42 bits per heavy atom. The molecule has 0 saturated heterocycles. The fourth-order valence-corrected chi connectivity index (χ4v) is 2.01. The van der Waals surface area contributed by atoms with Crippen molar-refractivity contribution in [1.29, 1.82) is 0 Å². The van der Waals surface area contributed by atoms with Crippen molar-refractivity contribution in [1.82, 2.24) is 15.1 Å². The minimum absolute atomic E-state index is 0.418. The summed E-state index contributed by atoms with van der Waals surface area (Å²) in [5.41, 5.74) is 0.270. The molecular weight excluding hydrogens is 238 g/mol. The van der Waals surface area contributed by atoms with E-state index in [-0.39, 0.29) is 0 Å². The van der Waals surface area contributed by atoms with Crippen molar-refractivity contribution in [3.8, 4) is 0 Å². The summed E-state index contributed by atoms with van der Waals surface area (Å²) in [4.78, 5) is 0. The fourth-order valence-electron chi connectivity index (χ4n) is 2.01. The Morgan fingerprint density at radius 2 is 2.11 bits per heavy atom. The summed E-state index contributed by atoms with van der Waals surface area (Å²) in [6.07, 6.45) is 4.42. The molecule has 2 atom stereocenters. The highest BCUT2D eigenvalue weighted by atomic mass is 16.3. The lowest BCUT2D eigenvalue weighted by Gasteiger charge is -2.23. The predicted octanol–water partition coefficient (Wildman–Crippen LogP) is 2.54. The van der Waals surface area contributed by atoms with Gasteiger partial charge in [-0.3, -0.25) is 4.68 Å². The molecule has 2 N–H and O–H groups in total. The SMILES string of the molecule is CCC(C)n1ccc(CC(C)(O)CCNC(C)C)n1. The molecule has 110 valence electrons. The van der Waals surface area contributed by atoms with Gasteiger partial charge >= 0.3 is 0 Å². The van der Waals surface area contributed by atoms with Crippen molar-refractivity contribution in [3.05, 3.63) is 18.0 Å². The Bertz CT molecular complexity index is 371. The number of aromatic nitrogens is 2. The highest BCUT2D eigenvalue weighted by Crippen LogP contribution is 2.17. The Morgan fingerprint density at radius 3 is 2.68 bits per heavy atom. The molecule has 0 fully saturated rings. The van der Waals surface area contributed by atoms with Crippen molar-refractivity contribution in [3.63, 3.8) is 0 Å². The van der Waals surface area contributed by atoms with Gasteiger partial charge < -0.3 is 10.4 Å². The molecule has 19 heavy (non-hydrogen) atoms. The van der Waals surface area contributed by atoms with E-state index in [0.717, 1.165) is 25.1 Å². The van der Waals surface area contributed by atoms with Crippen molar-refractivity contribution in [2.24, 2.45) is 0 Å². The first-order valence-corrected chi connectivity index (χ1v) is 7.34. The first kappa shape index (κ1) is 16.2. The van der Waals surface area contributed by atoms with Crippen LogP contribution in [0.2, 0.25) is 0 Å². The van der Waals surface area contributed by atoms with E-state index in [0.29, 0.717) is 18.5 Å². The van der Waals surface area contributed by atoms with Crippen LogP contribution in [0.25, 0.3) is 0 Å². The normalized spacial score (nSPS) is 16.6. The Kier molecular flexibility index (Phi) is 6.01. The zero-order chi connectivity index (χ0) is 14.5. The summed E-state index contributed by atoms with van der Waals surface area (Å²) in [6, 6.07) is 2.89. The van der Waals surface area contributed by atoms with Crippen LogP contribution in [-0.4, -0.2) is 33.1 Å². The largest absolute Gasteiger partial charge is 0.390 e. The van der Waals surface area contributed by atoms with Gasteiger partial charge in [-0.05, 0) is 39.3 Å². The third kappa shape index (κ3) is 5.74. The second-order valence-corrected chi connectivity index (χ2v) is 6.08. The molecule has 0 aliphatic carbocycles. The Balaban J connectivity index is 2.50. The Hall–Kier alpha value is -0.870. The van der Waals surface area contributed by atoms with E-state index in [1.807, 2.05) is 23.9 Å². The number of hydrogen-bond donors (Lipinski definition) is 2. The van der Waals surface area contributed by atoms with E-state index in [2.05, 4.69) is 38.1 Å². The summed E-state index contributed by atoms with van der Waals surface area (Å²) in [5, 5.41) is 18.3. The third-order valence-electron chi connectivity index (χ3n) is 3.48. The summed E-state index contributed by atoms with van der Waals surface area (Å²) in [6.45, 7) is 11.3. The van der Waals surface area contributed by atoms with Gasteiger partial charge in [-0.25, -0.2) is 0 Å². The first-order chi connectivity index (χ1) is 8.84. The maximum Gasteiger partial charge on any atom is 0.0687 e. The second kappa shape index (κ2) is 7.06. The van der Waals surface area contributed by atoms with E-state index < -0.39 is 5.60 Å². The quantitative estimate of drug-likeness (QED) is 0.761. The lowest BCUT2D eigenvalue weighted by molar-refractivity contribution is 0.0499. The molecular formula is C15H29N3O. The van der Waals surface area contributed by atoms with E-state index in [1.165, 1.54) is 0 Å².